The first-order chi connectivity index (χ1) is 15.6. The average Bonchev–Trinajstić information content (AvgIpc) is 3.08. The van der Waals surface area contributed by atoms with Crippen molar-refractivity contribution in [1.82, 2.24) is 9.80 Å². The number of carbonyl (C=O) groups excluding carboxylic acids is 1. The quantitative estimate of drug-likeness (QED) is 0.512. The molecule has 1 aliphatic rings. The Bertz CT molecular complexity index is 1020. The molecule has 0 radical (unpaired) electrons. The summed E-state index contributed by atoms with van der Waals surface area (Å²) in [6.07, 6.45) is 2.49. The van der Waals surface area contributed by atoms with Crippen LogP contribution in [0, 0.1) is 0 Å². The number of rotatable bonds is 8. The number of ether oxygens (including phenoxy) is 1. The Labute approximate surface area is 191 Å². The maximum atomic E-state index is 13.6. The number of nitrogens with zero attached hydrogens (tertiary/aromatic N) is 2. The fraction of sp³-hybridized carbons (Fsp3) is 0.321. The monoisotopic (exact) mass is 428 g/mol. The number of hydrogen-bond acceptors (Lipinski definition) is 3. The minimum Gasteiger partial charge on any atom is -0.497 e. The highest BCUT2D eigenvalue weighted by atomic mass is 16.5. The van der Waals surface area contributed by atoms with Crippen LogP contribution in [0.2, 0.25) is 0 Å². The third-order valence-electron chi connectivity index (χ3n) is 6.50. The Hall–Kier alpha value is -3.11. The van der Waals surface area contributed by atoms with E-state index in [-0.39, 0.29) is 18.1 Å². The van der Waals surface area contributed by atoms with Crippen LogP contribution in [0.25, 0.3) is 0 Å². The second-order valence-electron chi connectivity index (χ2n) is 8.47. The number of methoxy groups -OCH3 is 1. The Balaban J connectivity index is 1.58. The van der Waals surface area contributed by atoms with Gasteiger partial charge in [-0.3, -0.25) is 9.69 Å². The van der Waals surface area contributed by atoms with Gasteiger partial charge >= 0.3 is 0 Å². The number of benzene rings is 3. The second-order valence-corrected chi connectivity index (χ2v) is 8.47. The summed E-state index contributed by atoms with van der Waals surface area (Å²) in [5.74, 6) is 1.05. The number of hydrogen-bond donors (Lipinski definition) is 0. The van der Waals surface area contributed by atoms with Crippen molar-refractivity contribution in [3.63, 3.8) is 0 Å². The molecule has 2 unspecified atom stereocenters. The van der Waals surface area contributed by atoms with Crippen molar-refractivity contribution < 1.29 is 9.53 Å². The molecule has 1 heterocycles. The molecule has 32 heavy (non-hydrogen) atoms. The highest BCUT2D eigenvalue weighted by molar-refractivity contribution is 5.85. The van der Waals surface area contributed by atoms with Gasteiger partial charge < -0.3 is 9.64 Å². The molecule has 166 valence electrons. The summed E-state index contributed by atoms with van der Waals surface area (Å²) in [7, 11) is 3.76. The Morgan fingerprint density at radius 2 is 1.50 bits per heavy atom. The van der Waals surface area contributed by atoms with Crippen molar-refractivity contribution in [2.45, 2.75) is 38.4 Å². The van der Waals surface area contributed by atoms with Gasteiger partial charge in [-0.2, -0.15) is 0 Å². The molecule has 1 amide bonds. The van der Waals surface area contributed by atoms with Gasteiger partial charge in [-0.15, -0.1) is 0 Å². The second kappa shape index (κ2) is 10.0. The van der Waals surface area contributed by atoms with Crippen LogP contribution in [0.15, 0.2) is 78.9 Å². The normalized spacial score (nSPS) is 18.8. The fourth-order valence-corrected chi connectivity index (χ4v) is 4.56. The van der Waals surface area contributed by atoms with Crippen LogP contribution in [0.1, 0.15) is 35.3 Å². The van der Waals surface area contributed by atoms with Gasteiger partial charge in [0, 0.05) is 6.54 Å². The van der Waals surface area contributed by atoms with Crippen LogP contribution < -0.4 is 4.74 Å². The smallest absolute Gasteiger partial charge is 0.241 e. The SMILES string of the molecule is CCc1ccc(C2N(CCc3ccc(OC)cc3)C(=O)C(Cc3ccccc3)N2C)cc1. The predicted molar refractivity (Wildman–Crippen MR) is 129 cm³/mol. The molecule has 3 aromatic rings. The number of likely N-dealkylation sites (N-methyl/N-ethyl adjacent to an activating group) is 1. The standard InChI is InChI=1S/C28H32N2O2/c1-4-21-10-14-24(15-11-21)27-29(2)26(20-23-8-6-5-7-9-23)28(31)30(27)19-18-22-12-16-25(32-3)17-13-22/h5-17,26-27H,4,18-20H2,1-3H3. The Morgan fingerprint density at radius 1 is 0.844 bits per heavy atom. The van der Waals surface area contributed by atoms with E-state index >= 15 is 0 Å². The van der Waals surface area contributed by atoms with Crippen molar-refractivity contribution in [3.05, 3.63) is 101 Å². The van der Waals surface area contributed by atoms with Gasteiger partial charge in [0.15, 0.2) is 0 Å². The number of amides is 1. The molecule has 0 N–H and O–H groups in total. The fourth-order valence-electron chi connectivity index (χ4n) is 4.56. The summed E-state index contributed by atoms with van der Waals surface area (Å²) in [5.41, 5.74) is 4.87. The van der Waals surface area contributed by atoms with E-state index in [2.05, 4.69) is 72.3 Å². The molecule has 0 saturated carbocycles. The lowest BCUT2D eigenvalue weighted by Gasteiger charge is -2.29. The summed E-state index contributed by atoms with van der Waals surface area (Å²) in [5, 5.41) is 0. The molecule has 1 fully saturated rings. The van der Waals surface area contributed by atoms with Gasteiger partial charge in [0.2, 0.25) is 5.91 Å². The van der Waals surface area contributed by atoms with Crippen molar-refractivity contribution in [2.24, 2.45) is 0 Å². The summed E-state index contributed by atoms with van der Waals surface area (Å²) in [4.78, 5) is 17.9. The van der Waals surface area contributed by atoms with Crippen molar-refractivity contribution in [2.75, 3.05) is 20.7 Å². The minimum atomic E-state index is -0.163. The molecule has 2 atom stereocenters. The largest absolute Gasteiger partial charge is 0.497 e. The van der Waals surface area contributed by atoms with Gasteiger partial charge in [0.05, 0.1) is 13.2 Å². The van der Waals surface area contributed by atoms with Crippen molar-refractivity contribution in [3.8, 4) is 5.75 Å². The van der Waals surface area contributed by atoms with Gasteiger partial charge in [0.25, 0.3) is 0 Å². The minimum absolute atomic E-state index is 0.0552. The average molecular weight is 429 g/mol. The summed E-state index contributed by atoms with van der Waals surface area (Å²) >= 11 is 0. The summed E-state index contributed by atoms with van der Waals surface area (Å²) in [6, 6.07) is 27.0. The molecule has 4 heteroatoms. The molecule has 4 rings (SSSR count). The third kappa shape index (κ3) is 4.71. The molecule has 1 aliphatic heterocycles. The topological polar surface area (TPSA) is 32.8 Å². The van der Waals surface area contributed by atoms with E-state index in [1.807, 2.05) is 30.3 Å². The molecule has 4 nitrogen and oxygen atoms in total. The third-order valence-corrected chi connectivity index (χ3v) is 6.50. The van der Waals surface area contributed by atoms with E-state index in [4.69, 9.17) is 4.74 Å². The van der Waals surface area contributed by atoms with Gasteiger partial charge in [-0.05, 0) is 60.7 Å². The lowest BCUT2D eigenvalue weighted by molar-refractivity contribution is -0.130. The first-order valence-electron chi connectivity index (χ1n) is 11.4. The van der Waals surface area contributed by atoms with Crippen molar-refractivity contribution in [1.29, 1.82) is 0 Å². The van der Waals surface area contributed by atoms with Crippen LogP contribution in [-0.4, -0.2) is 42.5 Å². The number of aryl methyl sites for hydroxylation is 1. The van der Waals surface area contributed by atoms with E-state index in [0.29, 0.717) is 6.54 Å². The number of carbonyl (C=O) groups is 1. The van der Waals surface area contributed by atoms with Crippen LogP contribution in [-0.2, 0) is 24.1 Å². The molecule has 0 spiro atoms. The Morgan fingerprint density at radius 3 is 2.12 bits per heavy atom. The highest BCUT2D eigenvalue weighted by Gasteiger charge is 2.44. The van der Waals surface area contributed by atoms with Crippen LogP contribution in [0.4, 0.5) is 0 Å². The highest BCUT2D eigenvalue weighted by Crippen LogP contribution is 2.35. The zero-order valence-corrected chi connectivity index (χ0v) is 19.2. The van der Waals surface area contributed by atoms with Crippen LogP contribution in [0.3, 0.4) is 0 Å². The summed E-state index contributed by atoms with van der Waals surface area (Å²) in [6.45, 7) is 2.85. The van der Waals surface area contributed by atoms with Crippen LogP contribution in [0.5, 0.6) is 5.75 Å². The first-order valence-corrected chi connectivity index (χ1v) is 11.4. The predicted octanol–water partition coefficient (Wildman–Crippen LogP) is 4.88. The van der Waals surface area contributed by atoms with E-state index in [1.165, 1.54) is 22.3 Å². The maximum Gasteiger partial charge on any atom is 0.241 e. The molecule has 0 aromatic heterocycles. The van der Waals surface area contributed by atoms with E-state index in [0.717, 1.165) is 25.0 Å². The zero-order chi connectivity index (χ0) is 22.5. The lowest BCUT2D eigenvalue weighted by Crippen LogP contribution is -2.33. The van der Waals surface area contributed by atoms with E-state index < -0.39 is 0 Å². The molecular formula is C28H32N2O2. The zero-order valence-electron chi connectivity index (χ0n) is 19.2. The lowest BCUT2D eigenvalue weighted by atomic mass is 10.0. The van der Waals surface area contributed by atoms with Crippen LogP contribution >= 0.6 is 0 Å². The van der Waals surface area contributed by atoms with E-state index in [1.54, 1.807) is 7.11 Å². The molecule has 3 aromatic carbocycles. The molecule has 0 bridgehead atoms. The van der Waals surface area contributed by atoms with Gasteiger partial charge in [-0.25, -0.2) is 0 Å². The van der Waals surface area contributed by atoms with Gasteiger partial charge in [0.1, 0.15) is 11.9 Å². The van der Waals surface area contributed by atoms with Crippen molar-refractivity contribution >= 4 is 5.91 Å². The molecule has 0 aliphatic carbocycles. The molecule has 1 saturated heterocycles. The first kappa shape index (κ1) is 22.1. The maximum absolute atomic E-state index is 13.6. The van der Waals surface area contributed by atoms with E-state index in [9.17, 15) is 4.79 Å². The Kier molecular flexibility index (Phi) is 6.91. The molecular weight excluding hydrogens is 396 g/mol. The summed E-state index contributed by atoms with van der Waals surface area (Å²) < 4.78 is 5.27. The van der Waals surface area contributed by atoms with Gasteiger partial charge in [-0.1, -0.05) is 73.7 Å².